The molecule has 0 radical (unpaired) electrons. The van der Waals surface area contributed by atoms with Gasteiger partial charge in [-0.25, -0.2) is 0 Å². The summed E-state index contributed by atoms with van der Waals surface area (Å²) in [7, 11) is 0. The molecule has 0 amide bonds. The summed E-state index contributed by atoms with van der Waals surface area (Å²) in [5.41, 5.74) is 0. The van der Waals surface area contributed by atoms with Crippen LogP contribution in [0.5, 0.6) is 0 Å². The van der Waals surface area contributed by atoms with Gasteiger partial charge in [-0.15, -0.1) is 0 Å². The van der Waals surface area contributed by atoms with Crippen molar-refractivity contribution in [1.29, 1.82) is 5.26 Å². The van der Waals surface area contributed by atoms with Crippen LogP contribution in [-0.4, -0.2) is 5.78 Å². The molecule has 0 aromatic carbocycles. The molecule has 2 aliphatic carbocycles. The second-order valence-electron chi connectivity index (χ2n) is 6.18. The molecule has 18 heavy (non-hydrogen) atoms. The highest BCUT2D eigenvalue weighted by Crippen LogP contribution is 2.33. The Morgan fingerprint density at radius 1 is 1.00 bits per heavy atom. The van der Waals surface area contributed by atoms with Crippen LogP contribution in [0.2, 0.25) is 0 Å². The zero-order valence-corrected chi connectivity index (χ0v) is 11.4. The highest BCUT2D eigenvalue weighted by molar-refractivity contribution is 5.83. The first kappa shape index (κ1) is 13.6. The predicted molar refractivity (Wildman–Crippen MR) is 71.9 cm³/mol. The van der Waals surface area contributed by atoms with Gasteiger partial charge in [-0.3, -0.25) is 4.79 Å². The van der Waals surface area contributed by atoms with Crippen molar-refractivity contribution in [2.45, 2.75) is 70.6 Å². The SMILES string of the molecule is N#CC(C(=O)CC1CCCCC1)C1CCCCC1. The molecular formula is C16H25NO. The number of Topliss-reactive ketones (excluding diaryl/α,β-unsaturated/α-hetero) is 1. The Labute approximate surface area is 111 Å². The van der Waals surface area contributed by atoms with Crippen LogP contribution >= 0.6 is 0 Å². The maximum atomic E-state index is 12.3. The minimum absolute atomic E-state index is 0.247. The molecular weight excluding hydrogens is 222 g/mol. The van der Waals surface area contributed by atoms with Crippen molar-refractivity contribution in [1.82, 2.24) is 0 Å². The van der Waals surface area contributed by atoms with Crippen molar-refractivity contribution in [2.75, 3.05) is 0 Å². The van der Waals surface area contributed by atoms with Gasteiger partial charge >= 0.3 is 0 Å². The highest BCUT2D eigenvalue weighted by Gasteiger charge is 2.30. The lowest BCUT2D eigenvalue weighted by Gasteiger charge is -2.27. The molecule has 2 rings (SSSR count). The summed E-state index contributed by atoms with van der Waals surface area (Å²) in [6.07, 6.45) is 12.8. The number of hydrogen-bond acceptors (Lipinski definition) is 2. The van der Waals surface area contributed by atoms with Crippen LogP contribution < -0.4 is 0 Å². The van der Waals surface area contributed by atoms with E-state index in [-0.39, 0.29) is 11.7 Å². The van der Waals surface area contributed by atoms with Gasteiger partial charge in [0, 0.05) is 6.42 Å². The summed E-state index contributed by atoms with van der Waals surface area (Å²) in [6, 6.07) is 2.31. The van der Waals surface area contributed by atoms with E-state index in [2.05, 4.69) is 6.07 Å². The first-order valence-corrected chi connectivity index (χ1v) is 7.73. The molecule has 0 bridgehead atoms. The van der Waals surface area contributed by atoms with Gasteiger partial charge in [0.25, 0.3) is 0 Å². The Hall–Kier alpha value is -0.840. The maximum Gasteiger partial charge on any atom is 0.150 e. The summed E-state index contributed by atoms with van der Waals surface area (Å²) >= 11 is 0. The van der Waals surface area contributed by atoms with Crippen molar-refractivity contribution in [2.24, 2.45) is 17.8 Å². The molecule has 0 aromatic rings. The maximum absolute atomic E-state index is 12.3. The third-order valence-corrected chi connectivity index (χ3v) is 4.82. The fourth-order valence-electron chi connectivity index (χ4n) is 3.71. The summed E-state index contributed by atoms with van der Waals surface area (Å²) in [5, 5.41) is 9.31. The van der Waals surface area contributed by atoms with Crippen LogP contribution in [0.25, 0.3) is 0 Å². The summed E-state index contributed by atoms with van der Waals surface area (Å²) in [5.74, 6) is 0.883. The summed E-state index contributed by atoms with van der Waals surface area (Å²) in [6.45, 7) is 0. The first-order valence-electron chi connectivity index (χ1n) is 7.73. The average molecular weight is 247 g/mol. The highest BCUT2D eigenvalue weighted by atomic mass is 16.1. The van der Waals surface area contributed by atoms with Gasteiger partial charge in [0.2, 0.25) is 0 Å². The Kier molecular flexibility index (Phi) is 5.23. The Morgan fingerprint density at radius 3 is 2.11 bits per heavy atom. The van der Waals surface area contributed by atoms with Crippen LogP contribution in [0, 0.1) is 29.1 Å². The summed E-state index contributed by atoms with van der Waals surface area (Å²) in [4.78, 5) is 12.3. The normalized spacial score (nSPS) is 24.4. The quantitative estimate of drug-likeness (QED) is 0.745. The van der Waals surface area contributed by atoms with E-state index in [0.717, 1.165) is 12.8 Å². The van der Waals surface area contributed by atoms with E-state index in [1.54, 1.807) is 0 Å². The van der Waals surface area contributed by atoms with E-state index in [1.807, 2.05) is 0 Å². The van der Waals surface area contributed by atoms with Gasteiger partial charge in [-0.2, -0.15) is 5.26 Å². The van der Waals surface area contributed by atoms with Crippen molar-refractivity contribution in [3.05, 3.63) is 0 Å². The summed E-state index contributed by atoms with van der Waals surface area (Å²) < 4.78 is 0. The van der Waals surface area contributed by atoms with Crippen LogP contribution in [0.3, 0.4) is 0 Å². The molecule has 0 heterocycles. The van der Waals surface area contributed by atoms with Crippen LogP contribution in [0.15, 0.2) is 0 Å². The number of carbonyl (C=O) groups excluding carboxylic acids is 1. The van der Waals surface area contributed by atoms with E-state index in [9.17, 15) is 10.1 Å². The molecule has 2 saturated carbocycles. The lowest BCUT2D eigenvalue weighted by Crippen LogP contribution is -2.26. The molecule has 2 aliphatic rings. The predicted octanol–water partition coefficient (Wildman–Crippen LogP) is 4.25. The third kappa shape index (κ3) is 3.57. The van der Waals surface area contributed by atoms with E-state index in [1.165, 1.54) is 51.4 Å². The number of carbonyl (C=O) groups is 1. The second kappa shape index (κ2) is 6.92. The monoisotopic (exact) mass is 247 g/mol. The average Bonchev–Trinajstić information content (AvgIpc) is 2.42. The molecule has 2 heteroatoms. The number of rotatable bonds is 4. The first-order chi connectivity index (χ1) is 8.81. The molecule has 100 valence electrons. The molecule has 0 N–H and O–H groups in total. The molecule has 2 fully saturated rings. The van der Waals surface area contributed by atoms with Gasteiger partial charge in [0.15, 0.2) is 5.78 Å². The molecule has 1 unspecified atom stereocenters. The van der Waals surface area contributed by atoms with Crippen molar-refractivity contribution in [3.63, 3.8) is 0 Å². The Balaban J connectivity index is 1.86. The molecule has 2 nitrogen and oxygen atoms in total. The Morgan fingerprint density at radius 2 is 1.56 bits per heavy atom. The second-order valence-corrected chi connectivity index (χ2v) is 6.18. The van der Waals surface area contributed by atoms with Crippen LogP contribution in [0.4, 0.5) is 0 Å². The van der Waals surface area contributed by atoms with Crippen molar-refractivity contribution >= 4 is 5.78 Å². The fourth-order valence-corrected chi connectivity index (χ4v) is 3.71. The molecule has 0 saturated heterocycles. The van der Waals surface area contributed by atoms with Crippen LogP contribution in [-0.2, 0) is 4.79 Å². The van der Waals surface area contributed by atoms with Gasteiger partial charge < -0.3 is 0 Å². The number of hydrogen-bond donors (Lipinski definition) is 0. The van der Waals surface area contributed by atoms with Gasteiger partial charge in [0.05, 0.1) is 6.07 Å². The fraction of sp³-hybridized carbons (Fsp3) is 0.875. The van der Waals surface area contributed by atoms with Gasteiger partial charge in [0.1, 0.15) is 5.92 Å². The third-order valence-electron chi connectivity index (χ3n) is 4.82. The molecule has 0 aliphatic heterocycles. The standard InChI is InChI=1S/C16H25NO/c17-12-15(14-9-5-2-6-10-14)16(18)11-13-7-3-1-4-8-13/h13-15H,1-11H2. The molecule has 0 spiro atoms. The van der Waals surface area contributed by atoms with Crippen molar-refractivity contribution in [3.8, 4) is 6.07 Å². The topological polar surface area (TPSA) is 40.9 Å². The lowest BCUT2D eigenvalue weighted by molar-refractivity contribution is -0.124. The Bertz CT molecular complexity index is 306. The zero-order chi connectivity index (χ0) is 12.8. The molecule has 0 aromatic heterocycles. The number of nitriles is 1. The lowest BCUT2D eigenvalue weighted by atomic mass is 9.76. The van der Waals surface area contributed by atoms with Crippen molar-refractivity contribution < 1.29 is 4.79 Å². The van der Waals surface area contributed by atoms with E-state index < -0.39 is 0 Å². The zero-order valence-electron chi connectivity index (χ0n) is 11.4. The van der Waals surface area contributed by atoms with E-state index >= 15 is 0 Å². The number of nitrogens with zero attached hydrogens (tertiary/aromatic N) is 1. The molecule has 1 atom stereocenters. The minimum Gasteiger partial charge on any atom is -0.298 e. The van der Waals surface area contributed by atoms with E-state index in [4.69, 9.17) is 0 Å². The minimum atomic E-state index is -0.299. The van der Waals surface area contributed by atoms with E-state index in [0.29, 0.717) is 18.3 Å². The van der Waals surface area contributed by atoms with Crippen LogP contribution in [0.1, 0.15) is 70.6 Å². The number of ketones is 1. The largest absolute Gasteiger partial charge is 0.298 e. The smallest absolute Gasteiger partial charge is 0.150 e. The van der Waals surface area contributed by atoms with Gasteiger partial charge in [-0.05, 0) is 24.7 Å². The van der Waals surface area contributed by atoms with Gasteiger partial charge in [-0.1, -0.05) is 51.4 Å².